The van der Waals surface area contributed by atoms with Gasteiger partial charge in [-0.1, -0.05) is 18.2 Å². The molecule has 1 aromatic carbocycles. The van der Waals surface area contributed by atoms with Crippen LogP contribution in [0, 0.1) is 0 Å². The number of anilines is 2. The quantitative estimate of drug-likeness (QED) is 0.671. The average molecular weight is 376 g/mol. The van der Waals surface area contributed by atoms with E-state index in [0.29, 0.717) is 29.8 Å². The van der Waals surface area contributed by atoms with Crippen molar-refractivity contribution in [2.45, 2.75) is 12.2 Å². The summed E-state index contributed by atoms with van der Waals surface area (Å²) in [6, 6.07) is 7.79. The summed E-state index contributed by atoms with van der Waals surface area (Å²) >= 11 is 1.43. The standard InChI is InChI=1S/C17H24N6O2S/c1-23(2)17-21-14(20-16(18)22-17)10-26-11-15(24)19-9-8-12-6-4-5-7-13(12)25-3/h4-7H,8-11H2,1-3H3,(H,19,24)(H2,18,20,21,22). The van der Waals surface area contributed by atoms with E-state index in [1.807, 2.05) is 38.4 Å². The van der Waals surface area contributed by atoms with Crippen molar-refractivity contribution in [2.75, 3.05) is 44.1 Å². The lowest BCUT2D eigenvalue weighted by atomic mass is 10.1. The van der Waals surface area contributed by atoms with Crippen molar-refractivity contribution >= 4 is 29.6 Å². The molecule has 140 valence electrons. The smallest absolute Gasteiger partial charge is 0.230 e. The normalized spacial score (nSPS) is 10.4. The predicted octanol–water partition coefficient (Wildman–Crippen LogP) is 1.12. The Labute approximate surface area is 157 Å². The van der Waals surface area contributed by atoms with Crippen molar-refractivity contribution in [3.05, 3.63) is 35.7 Å². The van der Waals surface area contributed by atoms with Crippen molar-refractivity contribution in [3.8, 4) is 5.75 Å². The average Bonchev–Trinajstić information content (AvgIpc) is 2.61. The molecular formula is C17H24N6O2S. The topological polar surface area (TPSA) is 106 Å². The molecule has 2 aromatic rings. The number of methoxy groups -OCH3 is 1. The van der Waals surface area contributed by atoms with Crippen LogP contribution in [0.25, 0.3) is 0 Å². The number of carbonyl (C=O) groups excluding carboxylic acids is 1. The Morgan fingerprint density at radius 1 is 1.27 bits per heavy atom. The SMILES string of the molecule is COc1ccccc1CCNC(=O)CSCc1nc(N)nc(N(C)C)n1. The fraction of sp³-hybridized carbons (Fsp3) is 0.412. The second-order valence-electron chi connectivity index (χ2n) is 5.71. The van der Waals surface area contributed by atoms with Gasteiger partial charge in [0, 0.05) is 20.6 Å². The van der Waals surface area contributed by atoms with Crippen molar-refractivity contribution in [2.24, 2.45) is 0 Å². The third kappa shape index (κ3) is 6.07. The number of nitrogens with two attached hydrogens (primary N) is 1. The highest BCUT2D eigenvalue weighted by molar-refractivity contribution is 7.99. The number of ether oxygens (including phenoxy) is 1. The van der Waals surface area contributed by atoms with Crippen LogP contribution in [0.4, 0.5) is 11.9 Å². The van der Waals surface area contributed by atoms with Gasteiger partial charge in [0.1, 0.15) is 11.6 Å². The number of nitrogens with one attached hydrogen (secondary N) is 1. The van der Waals surface area contributed by atoms with Crippen molar-refractivity contribution < 1.29 is 9.53 Å². The molecular weight excluding hydrogens is 352 g/mol. The van der Waals surface area contributed by atoms with Gasteiger partial charge in [-0.2, -0.15) is 15.0 Å². The molecule has 0 bridgehead atoms. The Morgan fingerprint density at radius 3 is 2.77 bits per heavy atom. The minimum atomic E-state index is -0.0280. The minimum Gasteiger partial charge on any atom is -0.496 e. The molecule has 0 unspecified atom stereocenters. The summed E-state index contributed by atoms with van der Waals surface area (Å²) in [5.41, 5.74) is 6.76. The largest absolute Gasteiger partial charge is 0.496 e. The Morgan fingerprint density at radius 2 is 2.04 bits per heavy atom. The summed E-state index contributed by atoms with van der Waals surface area (Å²) in [4.78, 5) is 26.2. The van der Waals surface area contributed by atoms with Crippen molar-refractivity contribution in [1.29, 1.82) is 0 Å². The van der Waals surface area contributed by atoms with Gasteiger partial charge in [-0.15, -0.1) is 11.8 Å². The molecule has 0 atom stereocenters. The molecule has 0 aliphatic carbocycles. The predicted molar refractivity (Wildman–Crippen MR) is 104 cm³/mol. The number of thioether (sulfide) groups is 1. The van der Waals surface area contributed by atoms with Gasteiger partial charge in [0.15, 0.2) is 0 Å². The molecule has 1 heterocycles. The van der Waals surface area contributed by atoms with Gasteiger partial charge < -0.3 is 20.7 Å². The number of carbonyl (C=O) groups is 1. The zero-order chi connectivity index (χ0) is 18.9. The number of nitrogen functional groups attached to an aromatic ring is 1. The Bertz CT molecular complexity index is 741. The number of benzene rings is 1. The Kier molecular flexibility index (Phi) is 7.46. The number of para-hydroxylation sites is 1. The number of nitrogens with zero attached hydrogens (tertiary/aromatic N) is 4. The van der Waals surface area contributed by atoms with Crippen molar-refractivity contribution in [1.82, 2.24) is 20.3 Å². The molecule has 3 N–H and O–H groups in total. The van der Waals surface area contributed by atoms with E-state index in [1.165, 1.54) is 11.8 Å². The number of hydrogen-bond donors (Lipinski definition) is 2. The molecule has 0 aliphatic heterocycles. The first kappa shape index (κ1) is 19.8. The summed E-state index contributed by atoms with van der Waals surface area (Å²) in [5.74, 6) is 2.88. The van der Waals surface area contributed by atoms with Crippen LogP contribution >= 0.6 is 11.8 Å². The molecule has 0 saturated heterocycles. The molecule has 0 radical (unpaired) electrons. The monoisotopic (exact) mass is 376 g/mol. The number of hydrogen-bond acceptors (Lipinski definition) is 8. The lowest BCUT2D eigenvalue weighted by Crippen LogP contribution is -2.27. The van der Waals surface area contributed by atoms with Gasteiger partial charge in [-0.05, 0) is 18.1 Å². The second-order valence-corrected chi connectivity index (χ2v) is 6.69. The van der Waals surface area contributed by atoms with Gasteiger partial charge in [0.2, 0.25) is 17.8 Å². The van der Waals surface area contributed by atoms with Crippen LogP contribution in [-0.2, 0) is 17.0 Å². The van der Waals surface area contributed by atoms with Crippen LogP contribution in [0.15, 0.2) is 24.3 Å². The molecule has 0 fully saturated rings. The minimum absolute atomic E-state index is 0.0280. The highest BCUT2D eigenvalue weighted by Crippen LogP contribution is 2.17. The van der Waals surface area contributed by atoms with E-state index < -0.39 is 0 Å². The van der Waals surface area contributed by atoms with Gasteiger partial charge >= 0.3 is 0 Å². The fourth-order valence-corrected chi connectivity index (χ4v) is 2.92. The molecule has 8 nitrogen and oxygen atoms in total. The number of amides is 1. The van der Waals surface area contributed by atoms with E-state index in [9.17, 15) is 4.79 Å². The maximum Gasteiger partial charge on any atom is 0.230 e. The van der Waals surface area contributed by atoms with Crippen LogP contribution < -0.4 is 20.7 Å². The van der Waals surface area contributed by atoms with Crippen LogP contribution in [0.1, 0.15) is 11.4 Å². The van der Waals surface area contributed by atoms with E-state index in [2.05, 4.69) is 20.3 Å². The first-order chi connectivity index (χ1) is 12.5. The molecule has 0 saturated carbocycles. The summed E-state index contributed by atoms with van der Waals surface area (Å²) < 4.78 is 5.30. The second kappa shape index (κ2) is 9.81. The highest BCUT2D eigenvalue weighted by atomic mass is 32.2. The lowest BCUT2D eigenvalue weighted by molar-refractivity contribution is -0.118. The maximum atomic E-state index is 12.0. The Balaban J connectivity index is 1.74. The molecule has 0 spiro atoms. The molecule has 9 heteroatoms. The van der Waals surface area contributed by atoms with Gasteiger partial charge in [-0.25, -0.2) is 0 Å². The van der Waals surface area contributed by atoms with Crippen LogP contribution in [0.3, 0.4) is 0 Å². The Hall–Kier alpha value is -2.55. The van der Waals surface area contributed by atoms with E-state index in [0.717, 1.165) is 17.7 Å². The zero-order valence-corrected chi connectivity index (χ0v) is 16.0. The third-order valence-electron chi connectivity index (χ3n) is 3.46. The number of rotatable bonds is 9. The molecule has 26 heavy (non-hydrogen) atoms. The van der Waals surface area contributed by atoms with Gasteiger partial charge in [0.05, 0.1) is 18.6 Å². The first-order valence-electron chi connectivity index (χ1n) is 8.13. The molecule has 1 amide bonds. The van der Waals surface area contributed by atoms with E-state index in [-0.39, 0.29) is 11.9 Å². The first-order valence-corrected chi connectivity index (χ1v) is 9.29. The van der Waals surface area contributed by atoms with Gasteiger partial charge in [-0.3, -0.25) is 4.79 Å². The highest BCUT2D eigenvalue weighted by Gasteiger charge is 2.08. The zero-order valence-electron chi connectivity index (χ0n) is 15.2. The molecule has 1 aromatic heterocycles. The third-order valence-corrected chi connectivity index (χ3v) is 4.39. The van der Waals surface area contributed by atoms with E-state index in [4.69, 9.17) is 10.5 Å². The summed E-state index contributed by atoms with van der Waals surface area (Å²) in [6.45, 7) is 0.559. The van der Waals surface area contributed by atoms with Crippen LogP contribution in [0.5, 0.6) is 5.75 Å². The molecule has 0 aliphatic rings. The summed E-state index contributed by atoms with van der Waals surface area (Å²) in [5, 5.41) is 2.91. The summed E-state index contributed by atoms with van der Waals surface area (Å²) in [6.07, 6.45) is 0.719. The van der Waals surface area contributed by atoms with Crippen LogP contribution in [0.2, 0.25) is 0 Å². The summed E-state index contributed by atoms with van der Waals surface area (Å²) in [7, 11) is 5.31. The van der Waals surface area contributed by atoms with E-state index in [1.54, 1.807) is 12.0 Å². The van der Waals surface area contributed by atoms with Gasteiger partial charge in [0.25, 0.3) is 0 Å². The fourth-order valence-electron chi connectivity index (χ4n) is 2.22. The number of aromatic nitrogens is 3. The van der Waals surface area contributed by atoms with E-state index >= 15 is 0 Å². The van der Waals surface area contributed by atoms with Crippen LogP contribution in [-0.4, -0.2) is 54.4 Å². The van der Waals surface area contributed by atoms with Crippen molar-refractivity contribution in [3.63, 3.8) is 0 Å². The maximum absolute atomic E-state index is 12.0. The molecule has 2 rings (SSSR count). The lowest BCUT2D eigenvalue weighted by Gasteiger charge is -2.11.